The summed E-state index contributed by atoms with van der Waals surface area (Å²) in [5.74, 6) is -4.01. The molecule has 0 bridgehead atoms. The second kappa shape index (κ2) is 8.96. The number of pyridine rings is 1. The summed E-state index contributed by atoms with van der Waals surface area (Å²) in [4.78, 5) is 6.30. The minimum atomic E-state index is -4.74. The molecule has 2 aromatic rings. The molecule has 1 N–H and O–H groups in total. The third-order valence-electron chi connectivity index (χ3n) is 6.74. The summed E-state index contributed by atoms with van der Waals surface area (Å²) >= 11 is 6.23. The van der Waals surface area contributed by atoms with Crippen molar-refractivity contribution in [2.45, 2.75) is 43.5 Å². The first-order valence-corrected chi connectivity index (χ1v) is 12.7. The Balaban J connectivity index is 1.62. The number of likely N-dealkylation sites (tertiary alicyclic amines) is 1. The third-order valence-corrected chi connectivity index (χ3v) is 8.49. The van der Waals surface area contributed by atoms with E-state index in [9.17, 15) is 17.2 Å². The van der Waals surface area contributed by atoms with Crippen LogP contribution in [0.3, 0.4) is 0 Å². The minimum Gasteiger partial charge on any atom is -0.370 e. The highest BCUT2D eigenvalue weighted by molar-refractivity contribution is 7.92. The van der Waals surface area contributed by atoms with Crippen molar-refractivity contribution in [2.24, 2.45) is 5.41 Å². The van der Waals surface area contributed by atoms with Gasteiger partial charge in [-0.3, -0.25) is 4.72 Å². The minimum absolute atomic E-state index is 0.0825. The molecule has 3 heterocycles. The van der Waals surface area contributed by atoms with Crippen LogP contribution in [0.4, 0.5) is 24.7 Å². The van der Waals surface area contributed by atoms with E-state index in [1.54, 1.807) is 0 Å². The maximum atomic E-state index is 15.1. The highest BCUT2D eigenvalue weighted by Gasteiger charge is 2.44. The zero-order chi connectivity index (χ0) is 24.0. The molecular formula is C22H26ClF3N4O2S. The second-order valence-electron chi connectivity index (χ2n) is 9.10. The molecule has 0 spiro atoms. The van der Waals surface area contributed by atoms with Gasteiger partial charge in [-0.05, 0) is 45.0 Å². The molecule has 2 fully saturated rings. The molecule has 33 heavy (non-hydrogen) atoms. The number of piperidine rings is 1. The summed E-state index contributed by atoms with van der Waals surface area (Å²) in [5.41, 5.74) is 0.0394. The van der Waals surface area contributed by atoms with Crippen LogP contribution in [0.5, 0.6) is 0 Å². The van der Waals surface area contributed by atoms with Crippen LogP contribution in [0.25, 0.3) is 0 Å². The van der Waals surface area contributed by atoms with Crippen LogP contribution in [0.1, 0.15) is 32.6 Å². The number of aromatic nitrogens is 1. The molecule has 0 saturated carbocycles. The van der Waals surface area contributed by atoms with E-state index in [0.29, 0.717) is 19.1 Å². The van der Waals surface area contributed by atoms with Crippen molar-refractivity contribution < 1.29 is 21.6 Å². The van der Waals surface area contributed by atoms with Crippen LogP contribution in [0, 0.1) is 23.0 Å². The van der Waals surface area contributed by atoms with E-state index in [0.717, 1.165) is 44.4 Å². The largest absolute Gasteiger partial charge is 0.370 e. The number of hydrogen-bond donors (Lipinski definition) is 1. The lowest BCUT2D eigenvalue weighted by molar-refractivity contribution is 0.0778. The van der Waals surface area contributed by atoms with Gasteiger partial charge in [0.15, 0.2) is 10.7 Å². The summed E-state index contributed by atoms with van der Waals surface area (Å²) < 4.78 is 70.6. The number of nitrogens with one attached hydrogen (secondary N) is 1. The smallest absolute Gasteiger partial charge is 0.268 e. The molecule has 0 radical (unpaired) electrons. The fraction of sp³-hybridized carbons (Fsp3) is 0.500. The Labute approximate surface area is 196 Å². The van der Waals surface area contributed by atoms with Gasteiger partial charge in [-0.1, -0.05) is 31.0 Å². The molecule has 180 valence electrons. The Morgan fingerprint density at radius 1 is 1.21 bits per heavy atom. The van der Waals surface area contributed by atoms with E-state index in [1.165, 1.54) is 12.1 Å². The van der Waals surface area contributed by atoms with Crippen molar-refractivity contribution in [1.82, 2.24) is 9.88 Å². The predicted molar refractivity (Wildman–Crippen MR) is 122 cm³/mol. The van der Waals surface area contributed by atoms with Crippen molar-refractivity contribution in [3.63, 3.8) is 0 Å². The van der Waals surface area contributed by atoms with Crippen LogP contribution in [0.2, 0.25) is 5.02 Å². The topological polar surface area (TPSA) is 65.5 Å². The van der Waals surface area contributed by atoms with Crippen molar-refractivity contribution in [3.05, 3.63) is 46.9 Å². The quantitative estimate of drug-likeness (QED) is 0.476. The van der Waals surface area contributed by atoms with Gasteiger partial charge >= 0.3 is 0 Å². The van der Waals surface area contributed by atoms with E-state index in [-0.39, 0.29) is 11.1 Å². The Hall–Kier alpha value is -2.04. The molecule has 0 amide bonds. The van der Waals surface area contributed by atoms with Gasteiger partial charge in [-0.15, -0.1) is 0 Å². The van der Waals surface area contributed by atoms with Gasteiger partial charge in [0.1, 0.15) is 16.7 Å². The Morgan fingerprint density at radius 3 is 2.67 bits per heavy atom. The maximum absolute atomic E-state index is 15.1. The van der Waals surface area contributed by atoms with E-state index >= 15 is 4.39 Å². The first-order valence-electron chi connectivity index (χ1n) is 10.8. The molecule has 1 aromatic heterocycles. The molecule has 2 saturated heterocycles. The van der Waals surface area contributed by atoms with Crippen molar-refractivity contribution in [2.75, 3.05) is 36.3 Å². The predicted octanol–water partition coefficient (Wildman–Crippen LogP) is 4.65. The lowest BCUT2D eigenvalue weighted by Crippen LogP contribution is -2.48. The SMILES string of the molecule is CN1CCCC[C@H]1[C@]1(C)CCN(c2cc(F)c(S(=O)(=O)Nc3cccc(F)n3)c(F)c2Cl)C1. The molecule has 2 aliphatic heterocycles. The van der Waals surface area contributed by atoms with Crippen LogP contribution >= 0.6 is 11.6 Å². The van der Waals surface area contributed by atoms with Crippen molar-refractivity contribution in [1.29, 1.82) is 0 Å². The molecule has 0 unspecified atom stereocenters. The Morgan fingerprint density at radius 2 is 1.97 bits per heavy atom. The molecular weight excluding hydrogens is 477 g/mol. The first-order chi connectivity index (χ1) is 15.5. The van der Waals surface area contributed by atoms with Gasteiger partial charge in [-0.2, -0.15) is 4.39 Å². The van der Waals surface area contributed by atoms with Crippen LogP contribution in [-0.2, 0) is 10.0 Å². The van der Waals surface area contributed by atoms with Crippen LogP contribution in [0.15, 0.2) is 29.2 Å². The fourth-order valence-electron chi connectivity index (χ4n) is 5.11. The third kappa shape index (κ3) is 4.65. The van der Waals surface area contributed by atoms with Gasteiger partial charge in [0.2, 0.25) is 5.95 Å². The summed E-state index contributed by atoms with van der Waals surface area (Å²) in [6, 6.07) is 4.71. The molecule has 6 nitrogen and oxygen atoms in total. The lowest BCUT2D eigenvalue weighted by Gasteiger charge is -2.43. The lowest BCUT2D eigenvalue weighted by atomic mass is 9.77. The first kappa shape index (κ1) is 24.1. The van der Waals surface area contributed by atoms with E-state index in [4.69, 9.17) is 11.6 Å². The highest BCUT2D eigenvalue weighted by atomic mass is 35.5. The monoisotopic (exact) mass is 502 g/mol. The summed E-state index contributed by atoms with van der Waals surface area (Å²) in [5, 5.41) is -0.467. The van der Waals surface area contributed by atoms with Crippen molar-refractivity contribution in [3.8, 4) is 0 Å². The van der Waals surface area contributed by atoms with Crippen molar-refractivity contribution >= 4 is 33.1 Å². The molecule has 2 atom stereocenters. The summed E-state index contributed by atoms with van der Waals surface area (Å²) in [6.45, 7) is 4.30. The normalized spacial score (nSPS) is 24.3. The number of rotatable bonds is 5. The van der Waals surface area contributed by atoms with Gasteiger partial charge in [-0.25, -0.2) is 22.2 Å². The zero-order valence-electron chi connectivity index (χ0n) is 18.4. The molecule has 2 aliphatic rings. The highest BCUT2D eigenvalue weighted by Crippen LogP contribution is 2.44. The molecule has 11 heteroatoms. The average Bonchev–Trinajstić information content (AvgIpc) is 3.13. The van der Waals surface area contributed by atoms with Gasteiger partial charge < -0.3 is 9.80 Å². The summed E-state index contributed by atoms with van der Waals surface area (Å²) in [7, 11) is -2.64. The Bertz CT molecular complexity index is 1170. The average molecular weight is 503 g/mol. The molecule has 0 aliphatic carbocycles. The van der Waals surface area contributed by atoms with Crippen LogP contribution < -0.4 is 9.62 Å². The number of halogens is 4. The maximum Gasteiger partial charge on any atom is 0.268 e. The zero-order valence-corrected chi connectivity index (χ0v) is 20.0. The fourth-order valence-corrected chi connectivity index (χ4v) is 6.58. The standard InChI is InChI=1S/C22H26ClF3N4O2S/c1-22(16-6-3-4-10-29(16)2)9-11-30(13-22)15-12-14(24)21(20(26)19(15)23)33(31,32)28-18-8-5-7-17(25)27-18/h5,7-8,12,16H,3-4,6,9-11,13H2,1-2H3,(H,27,28)/t16-,22+/m0/s1. The number of anilines is 2. The number of hydrogen-bond acceptors (Lipinski definition) is 5. The summed E-state index contributed by atoms with van der Waals surface area (Å²) in [6.07, 6.45) is 4.20. The molecule has 1 aromatic carbocycles. The van der Waals surface area contributed by atoms with Crippen LogP contribution in [-0.4, -0.2) is 51.0 Å². The van der Waals surface area contributed by atoms with E-state index < -0.39 is 43.3 Å². The molecule has 4 rings (SSSR count). The van der Waals surface area contributed by atoms with Gasteiger partial charge in [0, 0.05) is 30.6 Å². The Kier molecular flexibility index (Phi) is 6.54. The number of nitrogens with zero attached hydrogens (tertiary/aromatic N) is 3. The van der Waals surface area contributed by atoms with Gasteiger partial charge in [0.05, 0.1) is 5.69 Å². The van der Waals surface area contributed by atoms with E-state index in [2.05, 4.69) is 23.9 Å². The van der Waals surface area contributed by atoms with E-state index in [1.807, 2.05) is 9.62 Å². The number of benzene rings is 1. The number of sulfonamides is 1. The van der Waals surface area contributed by atoms with Gasteiger partial charge in [0.25, 0.3) is 10.0 Å². The second-order valence-corrected chi connectivity index (χ2v) is 11.1.